The summed E-state index contributed by atoms with van der Waals surface area (Å²) in [5, 5.41) is 0. The van der Waals surface area contributed by atoms with Gasteiger partial charge in [-0.1, -0.05) is 6.58 Å². The van der Waals surface area contributed by atoms with Crippen LogP contribution in [0.5, 0.6) is 0 Å². The monoisotopic (exact) mass is 294 g/mol. The lowest BCUT2D eigenvalue weighted by Crippen LogP contribution is -1.96. The van der Waals surface area contributed by atoms with Gasteiger partial charge in [-0.2, -0.15) is 0 Å². The summed E-state index contributed by atoms with van der Waals surface area (Å²) in [7, 11) is 0. The molecule has 0 unspecified atom stereocenters. The summed E-state index contributed by atoms with van der Waals surface area (Å²) < 4.78 is 26.2. The molecule has 2 aromatic carbocycles. The molecule has 0 aliphatic rings. The molecule has 0 aliphatic carbocycles. The highest BCUT2D eigenvalue weighted by Gasteiger charge is 2.12. The lowest BCUT2D eigenvalue weighted by Gasteiger charge is -2.09. The second-order valence-corrected chi connectivity index (χ2v) is 4.71. The average molecular weight is 294 g/mol. The van der Waals surface area contributed by atoms with Crippen LogP contribution in [0.1, 0.15) is 5.69 Å². The van der Waals surface area contributed by atoms with Gasteiger partial charge in [-0.3, -0.25) is 4.98 Å². The van der Waals surface area contributed by atoms with E-state index >= 15 is 0 Å². The van der Waals surface area contributed by atoms with Gasteiger partial charge in [0.15, 0.2) is 0 Å². The molecule has 2 nitrogen and oxygen atoms in total. The van der Waals surface area contributed by atoms with E-state index in [1.54, 1.807) is 36.5 Å². The van der Waals surface area contributed by atoms with Crippen LogP contribution in [-0.2, 0) is 0 Å². The maximum atomic E-state index is 13.1. The second-order valence-electron chi connectivity index (χ2n) is 4.71. The van der Waals surface area contributed by atoms with E-state index < -0.39 is 0 Å². The van der Waals surface area contributed by atoms with Crippen LogP contribution in [0.3, 0.4) is 0 Å². The third-order valence-electron chi connectivity index (χ3n) is 3.24. The van der Waals surface area contributed by atoms with Crippen molar-refractivity contribution in [2.24, 2.45) is 0 Å². The van der Waals surface area contributed by atoms with Gasteiger partial charge in [0.1, 0.15) is 11.6 Å². The molecular weight excluding hydrogens is 282 g/mol. The number of hydrogen-bond donors (Lipinski definition) is 0. The lowest BCUT2D eigenvalue weighted by atomic mass is 10.0. The number of hydrogen-bond acceptors (Lipinski definition) is 2. The lowest BCUT2D eigenvalue weighted by molar-refractivity contribution is 0.627. The third kappa shape index (κ3) is 2.76. The van der Waals surface area contributed by atoms with Crippen molar-refractivity contribution in [1.29, 1.82) is 0 Å². The Labute approximate surface area is 126 Å². The molecule has 0 atom stereocenters. The predicted octanol–water partition coefficient (Wildman–Crippen LogP) is 4.73. The Kier molecular flexibility index (Phi) is 3.74. The minimum Gasteiger partial charge on any atom is -0.252 e. The Bertz CT molecular complexity index is 809. The molecule has 0 spiro atoms. The van der Waals surface area contributed by atoms with Crippen molar-refractivity contribution in [1.82, 2.24) is 9.97 Å². The molecular formula is C18H12F2N2. The van der Waals surface area contributed by atoms with Crippen LogP contribution in [0.25, 0.3) is 28.6 Å². The van der Waals surface area contributed by atoms with Crippen molar-refractivity contribution in [3.63, 3.8) is 0 Å². The highest BCUT2D eigenvalue weighted by molar-refractivity contribution is 5.78. The zero-order valence-corrected chi connectivity index (χ0v) is 11.6. The van der Waals surface area contributed by atoms with Crippen LogP contribution in [0, 0.1) is 11.6 Å². The van der Waals surface area contributed by atoms with E-state index in [9.17, 15) is 8.78 Å². The topological polar surface area (TPSA) is 25.8 Å². The van der Waals surface area contributed by atoms with E-state index in [0.717, 1.165) is 11.1 Å². The minimum atomic E-state index is -0.320. The van der Waals surface area contributed by atoms with E-state index in [-0.39, 0.29) is 11.6 Å². The summed E-state index contributed by atoms with van der Waals surface area (Å²) >= 11 is 0. The van der Waals surface area contributed by atoms with Crippen LogP contribution in [-0.4, -0.2) is 9.97 Å². The fourth-order valence-corrected chi connectivity index (χ4v) is 2.13. The van der Waals surface area contributed by atoms with Gasteiger partial charge >= 0.3 is 0 Å². The summed E-state index contributed by atoms with van der Waals surface area (Å²) in [4.78, 5) is 8.89. The average Bonchev–Trinajstić information content (AvgIpc) is 2.56. The summed E-state index contributed by atoms with van der Waals surface area (Å²) in [5.41, 5.74) is 3.30. The first-order valence-electron chi connectivity index (χ1n) is 6.69. The first kappa shape index (κ1) is 14.1. The molecule has 3 aromatic rings. The molecule has 3 rings (SSSR count). The van der Waals surface area contributed by atoms with Crippen LogP contribution in [0.2, 0.25) is 0 Å². The van der Waals surface area contributed by atoms with Crippen LogP contribution >= 0.6 is 0 Å². The molecule has 0 amide bonds. The Morgan fingerprint density at radius 1 is 0.773 bits per heavy atom. The van der Waals surface area contributed by atoms with Gasteiger partial charge in [-0.05, 0) is 54.6 Å². The highest BCUT2D eigenvalue weighted by atomic mass is 19.1. The first-order chi connectivity index (χ1) is 10.7. The molecule has 1 heterocycles. The van der Waals surface area contributed by atoms with Crippen molar-refractivity contribution in [2.75, 3.05) is 0 Å². The minimum absolute atomic E-state index is 0.317. The molecule has 4 heteroatoms. The molecule has 0 fully saturated rings. The molecule has 0 saturated carbocycles. The molecule has 0 aliphatic heterocycles. The van der Waals surface area contributed by atoms with Gasteiger partial charge in [-0.25, -0.2) is 13.8 Å². The van der Waals surface area contributed by atoms with Crippen LogP contribution in [0.15, 0.2) is 61.3 Å². The number of aromatic nitrogens is 2. The number of halogens is 2. The highest BCUT2D eigenvalue weighted by Crippen LogP contribution is 2.29. The fourth-order valence-electron chi connectivity index (χ4n) is 2.13. The zero-order valence-electron chi connectivity index (χ0n) is 11.6. The number of rotatable bonds is 3. The van der Waals surface area contributed by atoms with Gasteiger partial charge in [0, 0.05) is 11.1 Å². The van der Waals surface area contributed by atoms with E-state index in [0.29, 0.717) is 17.1 Å². The third-order valence-corrected chi connectivity index (χ3v) is 3.24. The molecule has 108 valence electrons. The molecule has 0 radical (unpaired) electrons. The Balaban J connectivity index is 2.19. The van der Waals surface area contributed by atoms with Gasteiger partial charge in [-0.15, -0.1) is 0 Å². The van der Waals surface area contributed by atoms with Crippen LogP contribution in [0.4, 0.5) is 8.78 Å². The largest absolute Gasteiger partial charge is 0.252 e. The maximum Gasteiger partial charge on any atom is 0.123 e. The van der Waals surface area contributed by atoms with E-state index in [1.165, 1.54) is 24.3 Å². The summed E-state index contributed by atoms with van der Waals surface area (Å²) in [5.74, 6) is -0.636. The number of benzene rings is 2. The molecule has 0 N–H and O–H groups in total. The molecule has 22 heavy (non-hydrogen) atoms. The summed E-state index contributed by atoms with van der Waals surface area (Å²) in [6, 6.07) is 12.0. The smallest absolute Gasteiger partial charge is 0.123 e. The van der Waals surface area contributed by atoms with Gasteiger partial charge in [0.25, 0.3) is 0 Å². The van der Waals surface area contributed by atoms with Gasteiger partial charge in [0.2, 0.25) is 0 Å². The van der Waals surface area contributed by atoms with Crippen molar-refractivity contribution in [2.45, 2.75) is 0 Å². The standard InChI is InChI=1S/C18H12F2N2/c1-2-16-11-21-17(12-3-7-14(19)8-4-12)18(22-16)13-5-9-15(20)10-6-13/h2-11H,1H2. The zero-order chi connectivity index (χ0) is 15.5. The van der Waals surface area contributed by atoms with E-state index in [1.807, 2.05) is 0 Å². The summed E-state index contributed by atoms with van der Waals surface area (Å²) in [6.45, 7) is 3.68. The molecule has 1 aromatic heterocycles. The van der Waals surface area contributed by atoms with E-state index in [4.69, 9.17) is 0 Å². The van der Waals surface area contributed by atoms with Crippen molar-refractivity contribution < 1.29 is 8.78 Å². The van der Waals surface area contributed by atoms with Crippen molar-refractivity contribution in [3.05, 3.63) is 78.6 Å². The van der Waals surface area contributed by atoms with Crippen LogP contribution < -0.4 is 0 Å². The quantitative estimate of drug-likeness (QED) is 0.697. The molecule has 0 saturated heterocycles. The first-order valence-corrected chi connectivity index (χ1v) is 6.69. The Morgan fingerprint density at radius 2 is 1.27 bits per heavy atom. The summed E-state index contributed by atoms with van der Waals surface area (Å²) in [6.07, 6.45) is 3.19. The van der Waals surface area contributed by atoms with Gasteiger partial charge in [0.05, 0.1) is 23.3 Å². The Hall–Kier alpha value is -2.88. The normalized spacial score (nSPS) is 10.5. The van der Waals surface area contributed by atoms with Crippen molar-refractivity contribution in [3.8, 4) is 22.5 Å². The fraction of sp³-hybridized carbons (Fsp3) is 0. The Morgan fingerprint density at radius 3 is 1.77 bits per heavy atom. The SMILES string of the molecule is C=Cc1cnc(-c2ccc(F)cc2)c(-c2ccc(F)cc2)n1. The van der Waals surface area contributed by atoms with E-state index in [2.05, 4.69) is 16.5 Å². The van der Waals surface area contributed by atoms with Gasteiger partial charge < -0.3 is 0 Å². The predicted molar refractivity (Wildman–Crippen MR) is 82.9 cm³/mol. The van der Waals surface area contributed by atoms with Crippen molar-refractivity contribution >= 4 is 6.08 Å². The maximum absolute atomic E-state index is 13.1. The molecule has 0 bridgehead atoms. The number of nitrogens with zero attached hydrogens (tertiary/aromatic N) is 2. The second kappa shape index (κ2) is 5.85.